The van der Waals surface area contributed by atoms with Crippen LogP contribution in [0.2, 0.25) is 0 Å². The van der Waals surface area contributed by atoms with Crippen molar-refractivity contribution in [2.75, 3.05) is 30.9 Å². The van der Waals surface area contributed by atoms with E-state index in [-0.39, 0.29) is 17.8 Å². The predicted octanol–water partition coefficient (Wildman–Crippen LogP) is 2.86. The summed E-state index contributed by atoms with van der Waals surface area (Å²) < 4.78 is 5.09. The highest BCUT2D eigenvalue weighted by Gasteiger charge is 2.30. The number of nitrogen functional groups attached to an aromatic ring is 1. The Labute approximate surface area is 173 Å². The summed E-state index contributed by atoms with van der Waals surface area (Å²) in [7, 11) is 1.44. The summed E-state index contributed by atoms with van der Waals surface area (Å²) in [5.41, 5.74) is 13.6. The molecule has 0 aliphatic carbocycles. The first kappa shape index (κ1) is 21.1. The summed E-state index contributed by atoms with van der Waals surface area (Å²) in [4.78, 5) is 12.5. The molecule has 0 saturated heterocycles. The molecule has 2 aromatic rings. The zero-order valence-electron chi connectivity index (χ0n) is 17.8. The lowest BCUT2D eigenvalue weighted by Gasteiger charge is -2.29. The summed E-state index contributed by atoms with van der Waals surface area (Å²) in [5, 5.41) is 5.06. The fourth-order valence-corrected chi connectivity index (χ4v) is 4.24. The van der Waals surface area contributed by atoms with E-state index in [2.05, 4.69) is 23.5 Å². The van der Waals surface area contributed by atoms with Gasteiger partial charge in [0.1, 0.15) is 0 Å². The van der Waals surface area contributed by atoms with Crippen LogP contribution in [-0.4, -0.2) is 26.2 Å². The van der Waals surface area contributed by atoms with Crippen LogP contribution in [0.5, 0.6) is 0 Å². The van der Waals surface area contributed by atoms with E-state index in [9.17, 15) is 4.79 Å². The number of nitrogens with zero attached hydrogens (tertiary/aromatic N) is 1. The summed E-state index contributed by atoms with van der Waals surface area (Å²) in [5.74, 6) is 5.34. The molecule has 0 fully saturated rings. The lowest BCUT2D eigenvalue weighted by atomic mass is 9.78. The number of nitrogens with two attached hydrogens (primary N) is 2. The van der Waals surface area contributed by atoms with Crippen molar-refractivity contribution >= 4 is 17.3 Å². The van der Waals surface area contributed by atoms with Gasteiger partial charge in [-0.15, -0.1) is 0 Å². The number of anilines is 2. The number of ether oxygens (including phenoxy) is 1. The lowest BCUT2D eigenvalue weighted by Crippen LogP contribution is -2.31. The first-order valence-corrected chi connectivity index (χ1v) is 10.2. The van der Waals surface area contributed by atoms with Crippen molar-refractivity contribution in [2.24, 2.45) is 11.8 Å². The first-order valence-electron chi connectivity index (χ1n) is 10.2. The van der Waals surface area contributed by atoms with E-state index in [0.29, 0.717) is 12.2 Å². The van der Waals surface area contributed by atoms with Gasteiger partial charge in [0.25, 0.3) is 0 Å². The molecule has 3 rings (SSSR count). The van der Waals surface area contributed by atoms with E-state index >= 15 is 0 Å². The van der Waals surface area contributed by atoms with Crippen LogP contribution in [0.3, 0.4) is 0 Å². The highest BCUT2D eigenvalue weighted by atomic mass is 16.5. The van der Waals surface area contributed by atoms with Gasteiger partial charge in [0.2, 0.25) is 0 Å². The molecule has 2 aromatic carbocycles. The number of benzene rings is 2. The van der Waals surface area contributed by atoms with Crippen LogP contribution in [0.25, 0.3) is 0 Å². The SMILES string of the molecule is CCN(N)c1ccc(C(c2ccc3c(c2)CNCC3)C(C)C(=O)OC)c(C)c1N. The van der Waals surface area contributed by atoms with Crippen LogP contribution in [-0.2, 0) is 22.5 Å². The number of rotatable bonds is 6. The number of esters is 1. The maximum atomic E-state index is 12.5. The van der Waals surface area contributed by atoms with Crippen molar-refractivity contribution in [2.45, 2.75) is 39.7 Å². The molecule has 0 bridgehead atoms. The minimum absolute atomic E-state index is 0.154. The van der Waals surface area contributed by atoms with Gasteiger partial charge < -0.3 is 20.8 Å². The maximum absolute atomic E-state index is 12.5. The number of fused-ring (bicyclic) bond motifs is 1. The van der Waals surface area contributed by atoms with E-state index in [1.54, 1.807) is 5.01 Å². The average Bonchev–Trinajstić information content (AvgIpc) is 2.75. The van der Waals surface area contributed by atoms with Gasteiger partial charge >= 0.3 is 5.97 Å². The van der Waals surface area contributed by atoms with E-state index in [0.717, 1.165) is 41.9 Å². The van der Waals surface area contributed by atoms with Crippen LogP contribution in [0.1, 0.15) is 47.6 Å². The largest absolute Gasteiger partial charge is 0.469 e. The normalized spacial score (nSPS) is 15.3. The molecule has 5 N–H and O–H groups in total. The molecular weight excluding hydrogens is 364 g/mol. The predicted molar refractivity (Wildman–Crippen MR) is 118 cm³/mol. The number of carbonyl (C=O) groups excluding carboxylic acids is 1. The van der Waals surface area contributed by atoms with Gasteiger partial charge in [0, 0.05) is 19.0 Å². The molecule has 1 aliphatic heterocycles. The molecular formula is C23H32N4O2. The molecule has 6 nitrogen and oxygen atoms in total. The van der Waals surface area contributed by atoms with E-state index in [1.165, 1.54) is 18.2 Å². The third-order valence-electron chi connectivity index (χ3n) is 6.07. The Morgan fingerprint density at radius 3 is 2.72 bits per heavy atom. The molecule has 0 spiro atoms. The second-order valence-corrected chi connectivity index (χ2v) is 7.74. The molecule has 29 heavy (non-hydrogen) atoms. The highest BCUT2D eigenvalue weighted by Crippen LogP contribution is 2.39. The Morgan fingerprint density at radius 2 is 2.03 bits per heavy atom. The molecule has 2 unspecified atom stereocenters. The molecule has 0 saturated carbocycles. The third kappa shape index (κ3) is 4.09. The fourth-order valence-electron chi connectivity index (χ4n) is 4.24. The quantitative estimate of drug-likeness (QED) is 0.301. The maximum Gasteiger partial charge on any atom is 0.309 e. The zero-order chi connectivity index (χ0) is 21.1. The molecule has 6 heteroatoms. The van der Waals surface area contributed by atoms with Crippen molar-refractivity contribution < 1.29 is 9.53 Å². The van der Waals surface area contributed by atoms with Crippen LogP contribution in [0.4, 0.5) is 11.4 Å². The number of hydrogen-bond acceptors (Lipinski definition) is 6. The van der Waals surface area contributed by atoms with Gasteiger partial charge in [-0.05, 0) is 60.7 Å². The van der Waals surface area contributed by atoms with Crippen LogP contribution < -0.4 is 21.9 Å². The van der Waals surface area contributed by atoms with Gasteiger partial charge in [-0.1, -0.05) is 31.2 Å². The molecule has 1 heterocycles. The molecule has 2 atom stereocenters. The lowest BCUT2D eigenvalue weighted by molar-refractivity contribution is -0.145. The Bertz CT molecular complexity index is 897. The Balaban J connectivity index is 2.12. The molecule has 0 amide bonds. The van der Waals surface area contributed by atoms with Crippen molar-refractivity contribution in [3.05, 3.63) is 58.1 Å². The number of methoxy groups -OCH3 is 1. The topological polar surface area (TPSA) is 93.6 Å². The van der Waals surface area contributed by atoms with Crippen LogP contribution >= 0.6 is 0 Å². The van der Waals surface area contributed by atoms with E-state index in [1.807, 2.05) is 32.9 Å². The van der Waals surface area contributed by atoms with Gasteiger partial charge in [-0.3, -0.25) is 4.79 Å². The van der Waals surface area contributed by atoms with Crippen LogP contribution in [0, 0.1) is 12.8 Å². The van der Waals surface area contributed by atoms with Crippen molar-refractivity contribution in [3.8, 4) is 0 Å². The Hall–Kier alpha value is -2.57. The molecule has 0 aromatic heterocycles. The average molecular weight is 397 g/mol. The number of hydrazine groups is 1. The standard InChI is InChI=1S/C23H32N4O2/c1-5-27(25)20-9-8-19(14(2)22(20)24)21(15(3)23(28)29-4)17-7-6-16-10-11-26-13-18(16)12-17/h6-9,12,15,21,26H,5,10-11,13,24-25H2,1-4H3. The summed E-state index contributed by atoms with van der Waals surface area (Å²) >= 11 is 0. The monoisotopic (exact) mass is 396 g/mol. The summed E-state index contributed by atoms with van der Waals surface area (Å²) in [6.45, 7) is 8.39. The third-order valence-corrected chi connectivity index (χ3v) is 6.07. The van der Waals surface area contributed by atoms with Crippen LogP contribution in [0.15, 0.2) is 30.3 Å². The van der Waals surface area contributed by atoms with Crippen molar-refractivity contribution in [1.82, 2.24) is 5.32 Å². The van der Waals surface area contributed by atoms with E-state index < -0.39 is 0 Å². The zero-order valence-corrected chi connectivity index (χ0v) is 17.8. The van der Waals surface area contributed by atoms with Crippen molar-refractivity contribution in [3.63, 3.8) is 0 Å². The minimum Gasteiger partial charge on any atom is -0.469 e. The second-order valence-electron chi connectivity index (χ2n) is 7.74. The first-order chi connectivity index (χ1) is 13.9. The molecule has 1 aliphatic rings. The summed E-state index contributed by atoms with van der Waals surface area (Å²) in [6.07, 6.45) is 1.02. The van der Waals surface area contributed by atoms with E-state index in [4.69, 9.17) is 16.3 Å². The van der Waals surface area contributed by atoms with Gasteiger partial charge in [0.05, 0.1) is 24.4 Å². The van der Waals surface area contributed by atoms with Gasteiger partial charge in [-0.2, -0.15) is 0 Å². The Kier molecular flexibility index (Phi) is 6.45. The number of nitrogens with one attached hydrogen (secondary N) is 1. The molecule has 156 valence electrons. The summed E-state index contributed by atoms with van der Waals surface area (Å²) in [6, 6.07) is 10.5. The number of carbonyl (C=O) groups is 1. The number of hydrogen-bond donors (Lipinski definition) is 3. The fraction of sp³-hybridized carbons (Fsp3) is 0.435. The van der Waals surface area contributed by atoms with Gasteiger partial charge in [-0.25, -0.2) is 5.84 Å². The smallest absolute Gasteiger partial charge is 0.309 e. The second kappa shape index (κ2) is 8.84. The Morgan fingerprint density at radius 1 is 1.28 bits per heavy atom. The van der Waals surface area contributed by atoms with Gasteiger partial charge in [0.15, 0.2) is 0 Å². The minimum atomic E-state index is -0.348. The highest BCUT2D eigenvalue weighted by molar-refractivity contribution is 5.77. The molecule has 0 radical (unpaired) electrons. The van der Waals surface area contributed by atoms with Crippen molar-refractivity contribution in [1.29, 1.82) is 0 Å².